The van der Waals surface area contributed by atoms with Crippen molar-refractivity contribution in [2.45, 2.75) is 13.5 Å². The summed E-state index contributed by atoms with van der Waals surface area (Å²) >= 11 is 1.52. The number of thiazole rings is 1. The number of Topliss-reactive ketones (excluding diaryl/α,β-unsaturated/α-hetero) is 1. The Morgan fingerprint density at radius 3 is 3.05 bits per heavy atom. The molecule has 0 saturated carbocycles. The lowest BCUT2D eigenvalue weighted by atomic mass is 10.1. The third-order valence-corrected chi connectivity index (χ3v) is 3.63. The highest BCUT2D eigenvalue weighted by Crippen LogP contribution is 2.20. The summed E-state index contributed by atoms with van der Waals surface area (Å²) in [6, 6.07) is 4.19. The van der Waals surface area contributed by atoms with Crippen LogP contribution >= 0.6 is 11.3 Å². The molecule has 0 unspecified atom stereocenters. The highest BCUT2D eigenvalue weighted by Gasteiger charge is 2.09. The molecule has 2 heterocycles. The van der Waals surface area contributed by atoms with Crippen molar-refractivity contribution in [3.05, 3.63) is 53.0 Å². The smallest absolute Gasteiger partial charge is 0.193 e. The number of halogens is 1. The Balaban J connectivity index is 1.74. The molecule has 1 aromatic carbocycles. The zero-order valence-electron chi connectivity index (χ0n) is 10.7. The molecular weight excluding hydrogens is 279 g/mol. The van der Waals surface area contributed by atoms with Gasteiger partial charge in [-0.3, -0.25) is 9.20 Å². The number of hydrogen-bond acceptors (Lipinski definition) is 4. The van der Waals surface area contributed by atoms with E-state index in [-0.39, 0.29) is 18.1 Å². The van der Waals surface area contributed by atoms with Gasteiger partial charge in [-0.05, 0) is 25.1 Å². The maximum atomic E-state index is 13.8. The average molecular weight is 290 g/mol. The molecule has 0 saturated heterocycles. The molecule has 0 aliphatic heterocycles. The van der Waals surface area contributed by atoms with E-state index in [2.05, 4.69) is 4.98 Å². The van der Waals surface area contributed by atoms with Crippen LogP contribution in [0.4, 0.5) is 4.39 Å². The molecule has 3 rings (SSSR count). The van der Waals surface area contributed by atoms with E-state index in [4.69, 9.17) is 4.74 Å². The van der Waals surface area contributed by atoms with Crippen molar-refractivity contribution in [2.24, 2.45) is 0 Å². The Bertz CT molecular complexity index is 750. The minimum atomic E-state index is -0.543. The van der Waals surface area contributed by atoms with E-state index in [9.17, 15) is 9.18 Å². The Morgan fingerprint density at radius 2 is 2.35 bits per heavy atom. The predicted molar refractivity (Wildman–Crippen MR) is 73.8 cm³/mol. The monoisotopic (exact) mass is 290 g/mol. The van der Waals surface area contributed by atoms with E-state index in [1.165, 1.54) is 30.4 Å². The summed E-state index contributed by atoms with van der Waals surface area (Å²) in [7, 11) is 0. The SMILES string of the molecule is CC(=O)c1ccc(OCc2cn3ccsc3n2)c(F)c1. The van der Waals surface area contributed by atoms with Crippen LogP contribution in [0.5, 0.6) is 5.75 Å². The summed E-state index contributed by atoms with van der Waals surface area (Å²) in [6.45, 7) is 1.58. The molecule has 0 aliphatic rings. The van der Waals surface area contributed by atoms with Gasteiger partial charge in [0.05, 0.1) is 5.69 Å². The van der Waals surface area contributed by atoms with E-state index in [0.29, 0.717) is 5.56 Å². The van der Waals surface area contributed by atoms with Crippen LogP contribution in [0.2, 0.25) is 0 Å². The Kier molecular flexibility index (Phi) is 3.23. The molecule has 0 bridgehead atoms. The number of hydrogen-bond donors (Lipinski definition) is 0. The number of carbonyl (C=O) groups is 1. The average Bonchev–Trinajstić information content (AvgIpc) is 2.97. The first-order valence-corrected chi connectivity index (χ1v) is 6.86. The highest BCUT2D eigenvalue weighted by atomic mass is 32.1. The minimum absolute atomic E-state index is 0.117. The lowest BCUT2D eigenvalue weighted by Crippen LogP contribution is -2.00. The Morgan fingerprint density at radius 1 is 1.50 bits per heavy atom. The van der Waals surface area contributed by atoms with Gasteiger partial charge in [0.15, 0.2) is 22.3 Å². The number of ketones is 1. The van der Waals surface area contributed by atoms with Gasteiger partial charge in [0, 0.05) is 23.3 Å². The van der Waals surface area contributed by atoms with Crippen LogP contribution in [0, 0.1) is 5.82 Å². The molecule has 0 spiro atoms. The number of carbonyl (C=O) groups excluding carboxylic acids is 1. The maximum Gasteiger partial charge on any atom is 0.193 e. The van der Waals surface area contributed by atoms with Crippen LogP contribution < -0.4 is 4.74 Å². The largest absolute Gasteiger partial charge is 0.484 e. The van der Waals surface area contributed by atoms with E-state index in [1.54, 1.807) is 6.07 Å². The van der Waals surface area contributed by atoms with Gasteiger partial charge in [0.1, 0.15) is 6.61 Å². The first kappa shape index (κ1) is 12.8. The number of imidazole rings is 1. The van der Waals surface area contributed by atoms with Gasteiger partial charge >= 0.3 is 0 Å². The van der Waals surface area contributed by atoms with Gasteiger partial charge in [-0.1, -0.05) is 0 Å². The zero-order valence-corrected chi connectivity index (χ0v) is 11.5. The first-order chi connectivity index (χ1) is 9.63. The summed E-state index contributed by atoms with van der Waals surface area (Å²) in [5.41, 5.74) is 1.06. The van der Waals surface area contributed by atoms with Crippen molar-refractivity contribution >= 4 is 22.1 Å². The topological polar surface area (TPSA) is 43.6 Å². The Hall–Kier alpha value is -2.21. The first-order valence-electron chi connectivity index (χ1n) is 5.98. The van der Waals surface area contributed by atoms with Gasteiger partial charge in [-0.15, -0.1) is 11.3 Å². The van der Waals surface area contributed by atoms with Crippen molar-refractivity contribution in [1.29, 1.82) is 0 Å². The van der Waals surface area contributed by atoms with Gasteiger partial charge in [-0.25, -0.2) is 9.37 Å². The highest BCUT2D eigenvalue weighted by molar-refractivity contribution is 7.15. The molecule has 6 heteroatoms. The van der Waals surface area contributed by atoms with Crippen molar-refractivity contribution in [1.82, 2.24) is 9.38 Å². The lowest BCUT2D eigenvalue weighted by molar-refractivity contribution is 0.101. The standard InChI is InChI=1S/C14H11FN2O2S/c1-9(18)10-2-3-13(12(15)6-10)19-8-11-7-17-4-5-20-14(17)16-11/h2-7H,8H2,1H3. The number of nitrogens with zero attached hydrogens (tertiary/aromatic N) is 2. The van der Waals surface area contributed by atoms with Gasteiger partial charge in [0.2, 0.25) is 0 Å². The Labute approximate surface area is 118 Å². The zero-order chi connectivity index (χ0) is 14.1. The van der Waals surface area contributed by atoms with E-state index < -0.39 is 5.82 Å². The van der Waals surface area contributed by atoms with E-state index in [0.717, 1.165) is 10.7 Å². The fourth-order valence-corrected chi connectivity index (χ4v) is 2.55. The number of rotatable bonds is 4. The van der Waals surface area contributed by atoms with E-state index >= 15 is 0 Å². The molecule has 3 aromatic rings. The van der Waals surface area contributed by atoms with Gasteiger partial charge in [0.25, 0.3) is 0 Å². The van der Waals surface area contributed by atoms with Crippen molar-refractivity contribution < 1.29 is 13.9 Å². The predicted octanol–water partition coefficient (Wildman–Crippen LogP) is 3.32. The number of fused-ring (bicyclic) bond motifs is 1. The third kappa shape index (κ3) is 2.42. The second-order valence-corrected chi connectivity index (χ2v) is 5.19. The summed E-state index contributed by atoms with van der Waals surface area (Å²) in [4.78, 5) is 16.4. The van der Waals surface area contributed by atoms with Crippen LogP contribution in [-0.2, 0) is 6.61 Å². The number of aromatic nitrogens is 2. The maximum absolute atomic E-state index is 13.8. The second-order valence-electron chi connectivity index (χ2n) is 4.32. The number of benzene rings is 1. The molecule has 2 aromatic heterocycles. The number of ether oxygens (including phenoxy) is 1. The third-order valence-electron chi connectivity index (χ3n) is 2.86. The van der Waals surface area contributed by atoms with Crippen LogP contribution in [0.3, 0.4) is 0 Å². The molecule has 20 heavy (non-hydrogen) atoms. The fraction of sp³-hybridized carbons (Fsp3) is 0.143. The summed E-state index contributed by atoms with van der Waals surface area (Å²) in [6.07, 6.45) is 3.74. The van der Waals surface area contributed by atoms with Crippen molar-refractivity contribution in [3.63, 3.8) is 0 Å². The van der Waals surface area contributed by atoms with Crippen LogP contribution in [0.25, 0.3) is 4.96 Å². The van der Waals surface area contributed by atoms with Crippen LogP contribution in [0.15, 0.2) is 36.0 Å². The molecule has 0 radical (unpaired) electrons. The van der Waals surface area contributed by atoms with Crippen LogP contribution in [-0.4, -0.2) is 15.2 Å². The molecule has 0 atom stereocenters. The summed E-state index contributed by atoms with van der Waals surface area (Å²) in [5, 5.41) is 1.94. The van der Waals surface area contributed by atoms with Crippen molar-refractivity contribution in [2.75, 3.05) is 0 Å². The van der Waals surface area contributed by atoms with E-state index in [1.807, 2.05) is 22.2 Å². The van der Waals surface area contributed by atoms with Crippen LogP contribution in [0.1, 0.15) is 23.0 Å². The van der Waals surface area contributed by atoms with Gasteiger partial charge in [-0.2, -0.15) is 0 Å². The quantitative estimate of drug-likeness (QED) is 0.692. The minimum Gasteiger partial charge on any atom is -0.484 e. The van der Waals surface area contributed by atoms with Gasteiger partial charge < -0.3 is 4.74 Å². The molecule has 0 fully saturated rings. The normalized spacial score (nSPS) is 10.9. The molecule has 0 N–H and O–H groups in total. The summed E-state index contributed by atoms with van der Waals surface area (Å²) < 4.78 is 21.0. The second kappa shape index (κ2) is 5.05. The van der Waals surface area contributed by atoms with Crippen molar-refractivity contribution in [3.8, 4) is 5.75 Å². The molecule has 102 valence electrons. The summed E-state index contributed by atoms with van der Waals surface area (Å²) in [5.74, 6) is -0.602. The molecule has 4 nitrogen and oxygen atoms in total. The lowest BCUT2D eigenvalue weighted by Gasteiger charge is -2.06. The molecule has 0 aliphatic carbocycles. The molecule has 0 amide bonds. The fourth-order valence-electron chi connectivity index (χ4n) is 1.83. The molecular formula is C14H11FN2O2S.